The summed E-state index contributed by atoms with van der Waals surface area (Å²) in [6, 6.07) is 14.9. The first kappa shape index (κ1) is 22.6. The van der Waals surface area contributed by atoms with Gasteiger partial charge in [0, 0.05) is 36.6 Å². The Bertz CT molecular complexity index is 792. The molecule has 1 amide bonds. The summed E-state index contributed by atoms with van der Waals surface area (Å²) in [7, 11) is 0. The number of anilines is 2. The number of thiocarbonyl (C=S) groups is 1. The van der Waals surface area contributed by atoms with Crippen molar-refractivity contribution in [2.75, 3.05) is 43.1 Å². The van der Waals surface area contributed by atoms with Gasteiger partial charge in [-0.1, -0.05) is 6.07 Å². The number of amides is 1. The van der Waals surface area contributed by atoms with Gasteiger partial charge in [0.1, 0.15) is 12.4 Å². The van der Waals surface area contributed by atoms with E-state index in [2.05, 4.69) is 29.4 Å². The van der Waals surface area contributed by atoms with Crippen LogP contribution >= 0.6 is 12.2 Å². The van der Waals surface area contributed by atoms with Crippen LogP contribution in [0, 0.1) is 0 Å². The fraction of sp³-hybridized carbons (Fsp3) is 0.364. The molecule has 0 aliphatic heterocycles. The maximum atomic E-state index is 12.5. The number of carbonyl (C=O) groups excluding carboxylic acids is 1. The molecule has 156 valence electrons. The highest BCUT2D eigenvalue weighted by atomic mass is 32.1. The van der Waals surface area contributed by atoms with E-state index in [1.54, 1.807) is 24.3 Å². The number of nitrogens with zero attached hydrogens (tertiary/aromatic N) is 1. The zero-order valence-corrected chi connectivity index (χ0v) is 18.1. The molecule has 0 fully saturated rings. The van der Waals surface area contributed by atoms with E-state index in [0.717, 1.165) is 24.5 Å². The second kappa shape index (κ2) is 12.0. The largest absolute Gasteiger partial charge is 0.491 e. The maximum Gasteiger partial charge on any atom is 0.257 e. The number of carbonyl (C=O) groups is 1. The quantitative estimate of drug-likeness (QED) is 0.450. The van der Waals surface area contributed by atoms with Crippen molar-refractivity contribution in [1.82, 2.24) is 5.32 Å². The Balaban J connectivity index is 1.89. The van der Waals surface area contributed by atoms with Crippen LogP contribution in [-0.2, 0) is 4.74 Å². The molecule has 0 saturated carbocycles. The topological polar surface area (TPSA) is 62.8 Å². The van der Waals surface area contributed by atoms with E-state index >= 15 is 0 Å². The van der Waals surface area contributed by atoms with E-state index in [1.165, 1.54) is 0 Å². The van der Waals surface area contributed by atoms with Crippen LogP contribution in [0.3, 0.4) is 0 Å². The molecular weight excluding hydrogens is 386 g/mol. The summed E-state index contributed by atoms with van der Waals surface area (Å²) < 4.78 is 10.8. The molecule has 0 saturated heterocycles. The Morgan fingerprint density at radius 2 is 1.76 bits per heavy atom. The number of benzene rings is 2. The number of rotatable bonds is 10. The van der Waals surface area contributed by atoms with Gasteiger partial charge in [-0.3, -0.25) is 10.1 Å². The van der Waals surface area contributed by atoms with Crippen molar-refractivity contribution in [2.45, 2.75) is 20.8 Å². The SMILES string of the molecule is CCOCCOc1cccc(C(=O)NC(=S)Nc2ccc(N(CC)CC)cc2)c1. The van der Waals surface area contributed by atoms with Crippen LogP contribution in [0.1, 0.15) is 31.1 Å². The molecule has 2 aromatic rings. The molecule has 2 N–H and O–H groups in total. The third-order valence-corrected chi connectivity index (χ3v) is 4.48. The van der Waals surface area contributed by atoms with Crippen LogP contribution in [0.25, 0.3) is 0 Å². The molecular formula is C22H29N3O3S. The summed E-state index contributed by atoms with van der Waals surface area (Å²) in [4.78, 5) is 14.7. The summed E-state index contributed by atoms with van der Waals surface area (Å²) in [5, 5.41) is 5.98. The Kier molecular flexibility index (Phi) is 9.40. The predicted molar refractivity (Wildman–Crippen MR) is 122 cm³/mol. The van der Waals surface area contributed by atoms with Crippen LogP contribution in [0.5, 0.6) is 5.75 Å². The van der Waals surface area contributed by atoms with Gasteiger partial charge in [-0.05, 0) is 75.5 Å². The minimum atomic E-state index is -0.294. The van der Waals surface area contributed by atoms with E-state index in [4.69, 9.17) is 21.7 Å². The van der Waals surface area contributed by atoms with E-state index in [1.807, 2.05) is 31.2 Å². The highest BCUT2D eigenvalue weighted by Gasteiger charge is 2.10. The van der Waals surface area contributed by atoms with Crippen LogP contribution in [-0.4, -0.2) is 43.9 Å². The first-order chi connectivity index (χ1) is 14.1. The third kappa shape index (κ3) is 7.36. The van der Waals surface area contributed by atoms with Crippen molar-refractivity contribution in [3.05, 3.63) is 54.1 Å². The summed E-state index contributed by atoms with van der Waals surface area (Å²) in [6.07, 6.45) is 0. The smallest absolute Gasteiger partial charge is 0.257 e. The van der Waals surface area contributed by atoms with Gasteiger partial charge < -0.3 is 19.7 Å². The first-order valence-corrected chi connectivity index (χ1v) is 10.3. The van der Waals surface area contributed by atoms with Gasteiger partial charge in [-0.2, -0.15) is 0 Å². The van der Waals surface area contributed by atoms with Crippen LogP contribution < -0.4 is 20.3 Å². The molecule has 2 aromatic carbocycles. The monoisotopic (exact) mass is 415 g/mol. The molecule has 0 heterocycles. The fourth-order valence-corrected chi connectivity index (χ4v) is 2.98. The van der Waals surface area contributed by atoms with Crippen molar-refractivity contribution in [1.29, 1.82) is 0 Å². The van der Waals surface area contributed by atoms with Gasteiger partial charge in [0.2, 0.25) is 0 Å². The summed E-state index contributed by atoms with van der Waals surface area (Å²) in [6.45, 7) is 9.67. The molecule has 0 radical (unpaired) electrons. The Morgan fingerprint density at radius 1 is 1.03 bits per heavy atom. The van der Waals surface area contributed by atoms with Gasteiger partial charge in [-0.15, -0.1) is 0 Å². The van der Waals surface area contributed by atoms with E-state index < -0.39 is 0 Å². The van der Waals surface area contributed by atoms with Gasteiger partial charge in [0.05, 0.1) is 6.61 Å². The third-order valence-electron chi connectivity index (χ3n) is 4.28. The predicted octanol–water partition coefficient (Wildman–Crippen LogP) is 4.07. The van der Waals surface area contributed by atoms with Crippen molar-refractivity contribution in [2.24, 2.45) is 0 Å². The minimum absolute atomic E-state index is 0.244. The zero-order chi connectivity index (χ0) is 21.1. The lowest BCUT2D eigenvalue weighted by Crippen LogP contribution is -2.34. The fourth-order valence-electron chi connectivity index (χ4n) is 2.77. The first-order valence-electron chi connectivity index (χ1n) is 9.85. The molecule has 0 spiro atoms. The second-order valence-electron chi connectivity index (χ2n) is 6.20. The lowest BCUT2D eigenvalue weighted by molar-refractivity contribution is 0.0976. The highest BCUT2D eigenvalue weighted by Crippen LogP contribution is 2.18. The molecule has 0 aromatic heterocycles. The summed E-state index contributed by atoms with van der Waals surface area (Å²) in [5.74, 6) is 0.320. The standard InChI is InChI=1S/C22H29N3O3S/c1-4-25(5-2)19-12-10-18(11-13-19)23-22(29)24-21(26)17-8-7-9-20(16-17)28-15-14-27-6-3/h7-13,16H,4-6,14-15H2,1-3H3,(H2,23,24,26,29). The van der Waals surface area contributed by atoms with Crippen molar-refractivity contribution >= 4 is 34.6 Å². The van der Waals surface area contributed by atoms with Crippen molar-refractivity contribution < 1.29 is 14.3 Å². The Hall–Kier alpha value is -2.64. The minimum Gasteiger partial charge on any atom is -0.491 e. The van der Waals surface area contributed by atoms with Crippen LogP contribution in [0.4, 0.5) is 11.4 Å². The molecule has 0 bridgehead atoms. The molecule has 2 rings (SSSR count). The maximum absolute atomic E-state index is 12.5. The van der Waals surface area contributed by atoms with Crippen molar-refractivity contribution in [3.8, 4) is 5.75 Å². The molecule has 0 aliphatic carbocycles. The lowest BCUT2D eigenvalue weighted by atomic mass is 10.2. The molecule has 0 unspecified atom stereocenters. The van der Waals surface area contributed by atoms with Crippen LogP contribution in [0.2, 0.25) is 0 Å². The van der Waals surface area contributed by atoms with Gasteiger partial charge in [0.15, 0.2) is 5.11 Å². The number of hydrogen-bond acceptors (Lipinski definition) is 5. The molecule has 0 atom stereocenters. The van der Waals surface area contributed by atoms with Crippen molar-refractivity contribution in [3.63, 3.8) is 0 Å². The average Bonchev–Trinajstić information content (AvgIpc) is 2.73. The second-order valence-corrected chi connectivity index (χ2v) is 6.61. The number of hydrogen-bond donors (Lipinski definition) is 2. The van der Waals surface area contributed by atoms with Gasteiger partial charge >= 0.3 is 0 Å². The normalized spacial score (nSPS) is 10.3. The van der Waals surface area contributed by atoms with Gasteiger partial charge in [0.25, 0.3) is 5.91 Å². The number of ether oxygens (including phenoxy) is 2. The number of nitrogens with one attached hydrogen (secondary N) is 2. The van der Waals surface area contributed by atoms with Crippen LogP contribution in [0.15, 0.2) is 48.5 Å². The highest BCUT2D eigenvalue weighted by molar-refractivity contribution is 7.80. The summed E-state index contributed by atoms with van der Waals surface area (Å²) >= 11 is 5.27. The molecule has 6 nitrogen and oxygen atoms in total. The van der Waals surface area contributed by atoms with Gasteiger partial charge in [-0.25, -0.2) is 0 Å². The molecule has 0 aliphatic rings. The zero-order valence-electron chi connectivity index (χ0n) is 17.2. The van der Waals surface area contributed by atoms with E-state index in [9.17, 15) is 4.79 Å². The lowest BCUT2D eigenvalue weighted by Gasteiger charge is -2.21. The Labute approximate surface area is 178 Å². The average molecular weight is 416 g/mol. The molecule has 7 heteroatoms. The summed E-state index contributed by atoms with van der Waals surface area (Å²) in [5.41, 5.74) is 2.44. The van der Waals surface area contributed by atoms with E-state index in [-0.39, 0.29) is 11.0 Å². The molecule has 29 heavy (non-hydrogen) atoms. The Morgan fingerprint density at radius 3 is 2.41 bits per heavy atom. The van der Waals surface area contributed by atoms with E-state index in [0.29, 0.717) is 31.1 Å².